The van der Waals surface area contributed by atoms with Gasteiger partial charge in [-0.1, -0.05) is 6.92 Å². The molecule has 1 rings (SSSR count). The second-order valence-corrected chi connectivity index (χ2v) is 4.64. The zero-order chi connectivity index (χ0) is 13.5. The van der Waals surface area contributed by atoms with Gasteiger partial charge in [0.2, 0.25) is 0 Å². The van der Waals surface area contributed by atoms with Gasteiger partial charge in [0.25, 0.3) is 0 Å². The molecule has 4 nitrogen and oxygen atoms in total. The van der Waals surface area contributed by atoms with Crippen LogP contribution in [0.25, 0.3) is 0 Å². The van der Waals surface area contributed by atoms with Crippen LogP contribution in [0.5, 0.6) is 0 Å². The topological polar surface area (TPSA) is 43.8 Å². The number of nitrogens with zero attached hydrogens (tertiary/aromatic N) is 2. The number of carbonyl (C=O) groups is 1. The highest BCUT2D eigenvalue weighted by Gasteiger charge is 2.07. The quantitative estimate of drug-likeness (QED) is 0.805. The molecule has 0 heterocycles. The number of anilines is 1. The Morgan fingerprint density at radius 1 is 1.11 bits per heavy atom. The van der Waals surface area contributed by atoms with E-state index in [2.05, 4.69) is 30.8 Å². The minimum Gasteiger partial charge on any atom is -0.478 e. The number of carboxylic acid groups (broad SMARTS) is 1. The Labute approximate surface area is 109 Å². The van der Waals surface area contributed by atoms with E-state index >= 15 is 0 Å². The molecule has 100 valence electrons. The van der Waals surface area contributed by atoms with Gasteiger partial charge >= 0.3 is 5.97 Å². The molecule has 0 spiro atoms. The number of hydrogen-bond acceptors (Lipinski definition) is 3. The molecule has 0 aromatic heterocycles. The second kappa shape index (κ2) is 7.01. The van der Waals surface area contributed by atoms with Gasteiger partial charge in [-0.15, -0.1) is 0 Å². The van der Waals surface area contributed by atoms with Crippen LogP contribution < -0.4 is 4.90 Å². The van der Waals surface area contributed by atoms with Gasteiger partial charge in [-0.2, -0.15) is 0 Å². The first-order valence-corrected chi connectivity index (χ1v) is 6.27. The number of benzene rings is 1. The highest BCUT2D eigenvalue weighted by molar-refractivity contribution is 5.88. The summed E-state index contributed by atoms with van der Waals surface area (Å²) in [4.78, 5) is 15.2. The summed E-state index contributed by atoms with van der Waals surface area (Å²) in [6.45, 7) is 5.07. The fourth-order valence-corrected chi connectivity index (χ4v) is 1.78. The highest BCUT2D eigenvalue weighted by Crippen LogP contribution is 2.15. The van der Waals surface area contributed by atoms with Crippen LogP contribution in [0.3, 0.4) is 0 Å². The van der Waals surface area contributed by atoms with Crippen molar-refractivity contribution in [3.63, 3.8) is 0 Å². The zero-order valence-electron chi connectivity index (χ0n) is 11.4. The normalized spacial score (nSPS) is 10.7. The summed E-state index contributed by atoms with van der Waals surface area (Å²) in [6, 6.07) is 7.09. The SMILES string of the molecule is CCCN(CCN(C)C)c1ccc(C(=O)O)cc1. The predicted octanol–water partition coefficient (Wildman–Crippen LogP) is 2.16. The van der Waals surface area contributed by atoms with Gasteiger partial charge in [-0.3, -0.25) is 0 Å². The summed E-state index contributed by atoms with van der Waals surface area (Å²) in [7, 11) is 4.11. The van der Waals surface area contributed by atoms with Crippen molar-refractivity contribution >= 4 is 11.7 Å². The number of carboxylic acids is 1. The third-order valence-corrected chi connectivity index (χ3v) is 2.79. The van der Waals surface area contributed by atoms with E-state index in [1.165, 1.54) is 0 Å². The number of likely N-dealkylation sites (N-methyl/N-ethyl adjacent to an activating group) is 1. The fraction of sp³-hybridized carbons (Fsp3) is 0.500. The maximum atomic E-state index is 10.8. The van der Waals surface area contributed by atoms with Crippen LogP contribution in [0.15, 0.2) is 24.3 Å². The predicted molar refractivity (Wildman–Crippen MR) is 74.5 cm³/mol. The first-order chi connectivity index (χ1) is 8.54. The Bertz CT molecular complexity index is 374. The van der Waals surface area contributed by atoms with Crippen LogP contribution in [0.1, 0.15) is 23.7 Å². The van der Waals surface area contributed by atoms with Crippen molar-refractivity contribution in [2.24, 2.45) is 0 Å². The van der Waals surface area contributed by atoms with Crippen LogP contribution in [0.2, 0.25) is 0 Å². The third-order valence-electron chi connectivity index (χ3n) is 2.79. The van der Waals surface area contributed by atoms with E-state index < -0.39 is 5.97 Å². The molecule has 4 heteroatoms. The Morgan fingerprint density at radius 2 is 1.72 bits per heavy atom. The summed E-state index contributed by atoms with van der Waals surface area (Å²) < 4.78 is 0. The lowest BCUT2D eigenvalue weighted by atomic mass is 10.2. The molecule has 0 radical (unpaired) electrons. The minimum atomic E-state index is -0.878. The second-order valence-electron chi connectivity index (χ2n) is 4.64. The van der Waals surface area contributed by atoms with Gasteiger partial charge in [-0.25, -0.2) is 4.79 Å². The smallest absolute Gasteiger partial charge is 0.335 e. The summed E-state index contributed by atoms with van der Waals surface area (Å²) in [5, 5.41) is 8.87. The van der Waals surface area contributed by atoms with Crippen molar-refractivity contribution in [1.29, 1.82) is 0 Å². The van der Waals surface area contributed by atoms with E-state index in [1.807, 2.05) is 12.1 Å². The molecule has 0 bridgehead atoms. The van der Waals surface area contributed by atoms with Gasteiger partial charge in [0, 0.05) is 25.3 Å². The fourth-order valence-electron chi connectivity index (χ4n) is 1.78. The van der Waals surface area contributed by atoms with Gasteiger partial charge in [-0.05, 0) is 44.8 Å². The molecule has 0 saturated heterocycles. The van der Waals surface area contributed by atoms with Crippen LogP contribution in [0.4, 0.5) is 5.69 Å². The number of hydrogen-bond donors (Lipinski definition) is 1. The zero-order valence-corrected chi connectivity index (χ0v) is 11.4. The lowest BCUT2D eigenvalue weighted by Gasteiger charge is -2.26. The van der Waals surface area contributed by atoms with E-state index in [4.69, 9.17) is 5.11 Å². The maximum absolute atomic E-state index is 10.8. The number of aromatic carboxylic acids is 1. The van der Waals surface area contributed by atoms with E-state index in [0.29, 0.717) is 5.56 Å². The summed E-state index contributed by atoms with van der Waals surface area (Å²) in [5.74, 6) is -0.878. The maximum Gasteiger partial charge on any atom is 0.335 e. The Kier molecular flexibility index (Phi) is 5.65. The van der Waals surface area contributed by atoms with E-state index in [1.54, 1.807) is 12.1 Å². The van der Waals surface area contributed by atoms with Crippen molar-refractivity contribution in [2.45, 2.75) is 13.3 Å². The molecule has 0 aliphatic heterocycles. The van der Waals surface area contributed by atoms with Crippen molar-refractivity contribution in [3.8, 4) is 0 Å². The van der Waals surface area contributed by atoms with Gasteiger partial charge in [0.15, 0.2) is 0 Å². The Hall–Kier alpha value is -1.55. The van der Waals surface area contributed by atoms with Gasteiger partial charge in [0.1, 0.15) is 0 Å². The minimum absolute atomic E-state index is 0.336. The Morgan fingerprint density at radius 3 is 2.17 bits per heavy atom. The molecule has 1 aromatic rings. The lowest BCUT2D eigenvalue weighted by molar-refractivity contribution is 0.0697. The van der Waals surface area contributed by atoms with Crippen molar-refractivity contribution in [1.82, 2.24) is 4.90 Å². The van der Waals surface area contributed by atoms with Crippen LogP contribution in [-0.2, 0) is 0 Å². The summed E-state index contributed by atoms with van der Waals surface area (Å²) in [5.41, 5.74) is 1.42. The average molecular weight is 250 g/mol. The molecule has 1 aromatic carbocycles. The summed E-state index contributed by atoms with van der Waals surface area (Å²) in [6.07, 6.45) is 1.08. The monoisotopic (exact) mass is 250 g/mol. The molecule has 0 amide bonds. The van der Waals surface area contributed by atoms with Gasteiger partial charge in [0.05, 0.1) is 5.56 Å². The van der Waals surface area contributed by atoms with Crippen molar-refractivity contribution in [3.05, 3.63) is 29.8 Å². The average Bonchev–Trinajstić information content (AvgIpc) is 2.34. The van der Waals surface area contributed by atoms with E-state index in [0.717, 1.165) is 31.7 Å². The molecule has 0 aliphatic carbocycles. The largest absolute Gasteiger partial charge is 0.478 e. The van der Waals surface area contributed by atoms with E-state index in [-0.39, 0.29) is 0 Å². The highest BCUT2D eigenvalue weighted by atomic mass is 16.4. The van der Waals surface area contributed by atoms with Crippen LogP contribution >= 0.6 is 0 Å². The first kappa shape index (κ1) is 14.5. The molecule has 0 saturated carbocycles. The van der Waals surface area contributed by atoms with E-state index in [9.17, 15) is 4.79 Å². The van der Waals surface area contributed by atoms with Crippen LogP contribution in [-0.4, -0.2) is 49.7 Å². The molecule has 0 unspecified atom stereocenters. The Balaban J connectivity index is 2.75. The number of rotatable bonds is 7. The first-order valence-electron chi connectivity index (χ1n) is 6.27. The van der Waals surface area contributed by atoms with Crippen molar-refractivity contribution < 1.29 is 9.90 Å². The molecule has 0 atom stereocenters. The molecular formula is C14H22N2O2. The molecular weight excluding hydrogens is 228 g/mol. The van der Waals surface area contributed by atoms with Gasteiger partial charge < -0.3 is 14.9 Å². The lowest BCUT2D eigenvalue weighted by Crippen LogP contribution is -2.32. The van der Waals surface area contributed by atoms with Crippen LogP contribution in [0, 0.1) is 0 Å². The summed E-state index contributed by atoms with van der Waals surface area (Å²) >= 11 is 0. The molecule has 1 N–H and O–H groups in total. The third kappa shape index (κ3) is 4.37. The molecule has 18 heavy (non-hydrogen) atoms. The van der Waals surface area contributed by atoms with Crippen molar-refractivity contribution in [2.75, 3.05) is 38.6 Å². The molecule has 0 fully saturated rings. The standard InChI is InChI=1S/C14H22N2O2/c1-4-9-16(11-10-15(2)3)13-7-5-12(6-8-13)14(17)18/h5-8H,4,9-11H2,1-3H3,(H,17,18). The molecule has 0 aliphatic rings.